The molecule has 94 valence electrons. The Morgan fingerprint density at radius 2 is 2.00 bits per heavy atom. The van der Waals surface area contributed by atoms with E-state index >= 15 is 0 Å². The number of aryl methyl sites for hydroxylation is 2. The lowest BCUT2D eigenvalue weighted by molar-refractivity contribution is 0.327. The minimum Gasteiger partial charge on any atom is -0.318 e. The molecule has 1 rings (SSSR count). The Morgan fingerprint density at radius 1 is 1.38 bits per heavy atom. The number of nitrogens with one attached hydrogen (secondary N) is 1. The van der Waals surface area contributed by atoms with Gasteiger partial charge in [0.2, 0.25) is 0 Å². The van der Waals surface area contributed by atoms with E-state index in [4.69, 9.17) is 0 Å². The molecule has 0 spiro atoms. The van der Waals surface area contributed by atoms with Crippen molar-refractivity contribution >= 4 is 12.4 Å². The van der Waals surface area contributed by atoms with E-state index in [2.05, 4.69) is 36.2 Å². The van der Waals surface area contributed by atoms with E-state index in [1.807, 2.05) is 18.8 Å². The molecule has 1 aromatic heterocycles. The van der Waals surface area contributed by atoms with Crippen LogP contribution in [-0.2, 0) is 13.6 Å². The largest absolute Gasteiger partial charge is 0.318 e. The van der Waals surface area contributed by atoms with Crippen LogP contribution in [0.25, 0.3) is 0 Å². The van der Waals surface area contributed by atoms with Gasteiger partial charge >= 0.3 is 0 Å². The van der Waals surface area contributed by atoms with Gasteiger partial charge in [-0.1, -0.05) is 0 Å². The maximum atomic E-state index is 4.42. The molecule has 0 amide bonds. The summed E-state index contributed by atoms with van der Waals surface area (Å²) in [7, 11) is 6.12. The first-order valence-electron chi connectivity index (χ1n) is 5.38. The highest BCUT2D eigenvalue weighted by molar-refractivity contribution is 5.85. The summed E-state index contributed by atoms with van der Waals surface area (Å²) >= 11 is 0. The Morgan fingerprint density at radius 3 is 2.44 bits per heavy atom. The molecule has 0 aliphatic carbocycles. The maximum Gasteiger partial charge on any atom is 0.0641 e. The Bertz CT molecular complexity index is 322. The zero-order valence-electron chi connectivity index (χ0n) is 10.9. The summed E-state index contributed by atoms with van der Waals surface area (Å²) in [5.74, 6) is 0. The van der Waals surface area contributed by atoms with Crippen LogP contribution in [0.4, 0.5) is 0 Å². The zero-order chi connectivity index (χ0) is 11.4. The number of hydrogen-bond donors (Lipinski definition) is 1. The van der Waals surface area contributed by atoms with Crippen molar-refractivity contribution in [2.45, 2.75) is 20.4 Å². The Hall–Kier alpha value is -0.580. The van der Waals surface area contributed by atoms with E-state index in [9.17, 15) is 0 Å². The molecule has 0 radical (unpaired) electrons. The van der Waals surface area contributed by atoms with Crippen LogP contribution >= 0.6 is 12.4 Å². The molecule has 1 N–H and O–H groups in total. The van der Waals surface area contributed by atoms with Crippen LogP contribution in [0.2, 0.25) is 0 Å². The van der Waals surface area contributed by atoms with Gasteiger partial charge in [0.25, 0.3) is 0 Å². The Labute approximate surface area is 104 Å². The van der Waals surface area contributed by atoms with Crippen LogP contribution < -0.4 is 5.32 Å². The summed E-state index contributed by atoms with van der Waals surface area (Å²) in [6.07, 6.45) is 0. The van der Waals surface area contributed by atoms with Crippen LogP contribution in [0, 0.1) is 13.8 Å². The second kappa shape index (κ2) is 6.89. The van der Waals surface area contributed by atoms with Crippen LogP contribution in [-0.4, -0.2) is 41.9 Å². The van der Waals surface area contributed by atoms with Gasteiger partial charge in [0, 0.05) is 37.9 Å². The normalized spacial score (nSPS) is 10.6. The fourth-order valence-electron chi connectivity index (χ4n) is 1.70. The summed E-state index contributed by atoms with van der Waals surface area (Å²) in [5.41, 5.74) is 3.77. The smallest absolute Gasteiger partial charge is 0.0641 e. The fraction of sp³-hybridized carbons (Fsp3) is 0.727. The molecular weight excluding hydrogens is 224 g/mol. The highest BCUT2D eigenvalue weighted by Gasteiger charge is 2.10. The van der Waals surface area contributed by atoms with Crippen molar-refractivity contribution in [1.82, 2.24) is 20.0 Å². The first-order chi connectivity index (χ1) is 7.06. The second-order valence-electron chi connectivity index (χ2n) is 4.11. The molecule has 4 nitrogen and oxygen atoms in total. The summed E-state index contributed by atoms with van der Waals surface area (Å²) in [4.78, 5) is 2.31. The molecule has 0 saturated heterocycles. The van der Waals surface area contributed by atoms with Gasteiger partial charge in [-0.2, -0.15) is 5.10 Å². The van der Waals surface area contributed by atoms with Crippen molar-refractivity contribution in [1.29, 1.82) is 0 Å². The molecule has 1 heterocycles. The molecule has 0 unspecified atom stereocenters. The number of nitrogens with zero attached hydrogens (tertiary/aromatic N) is 3. The van der Waals surface area contributed by atoms with Gasteiger partial charge in [-0.3, -0.25) is 4.68 Å². The predicted octanol–water partition coefficient (Wildman–Crippen LogP) is 1.11. The van der Waals surface area contributed by atoms with Crippen molar-refractivity contribution in [2.75, 3.05) is 27.2 Å². The zero-order valence-corrected chi connectivity index (χ0v) is 11.7. The highest BCUT2D eigenvalue weighted by Crippen LogP contribution is 2.13. The van der Waals surface area contributed by atoms with Gasteiger partial charge < -0.3 is 10.2 Å². The van der Waals surface area contributed by atoms with Crippen molar-refractivity contribution in [3.63, 3.8) is 0 Å². The maximum absolute atomic E-state index is 4.42. The number of hydrogen-bond acceptors (Lipinski definition) is 3. The van der Waals surface area contributed by atoms with E-state index in [0.717, 1.165) is 25.3 Å². The van der Waals surface area contributed by atoms with E-state index < -0.39 is 0 Å². The van der Waals surface area contributed by atoms with Gasteiger partial charge in [0.15, 0.2) is 0 Å². The second-order valence-corrected chi connectivity index (χ2v) is 4.11. The van der Waals surface area contributed by atoms with E-state index in [-0.39, 0.29) is 12.4 Å². The number of aromatic nitrogens is 2. The lowest BCUT2D eigenvalue weighted by Crippen LogP contribution is -2.27. The summed E-state index contributed by atoms with van der Waals surface area (Å²) in [6, 6.07) is 0. The standard InChI is InChI=1S/C11H22N4.ClH/c1-9-11(10(2)15(5)13-9)8-14(4)7-6-12-3;/h12H,6-8H2,1-5H3;1H. The highest BCUT2D eigenvalue weighted by atomic mass is 35.5. The molecule has 0 aliphatic heterocycles. The van der Waals surface area contributed by atoms with E-state index in [1.54, 1.807) is 0 Å². The molecule has 0 aliphatic rings. The predicted molar refractivity (Wildman–Crippen MR) is 70.2 cm³/mol. The molecule has 1 aromatic rings. The topological polar surface area (TPSA) is 33.1 Å². The van der Waals surface area contributed by atoms with Crippen molar-refractivity contribution < 1.29 is 0 Å². The van der Waals surface area contributed by atoms with Gasteiger partial charge in [0.1, 0.15) is 0 Å². The van der Waals surface area contributed by atoms with E-state index in [1.165, 1.54) is 11.3 Å². The first-order valence-corrected chi connectivity index (χ1v) is 5.38. The number of halogens is 1. The molecule has 16 heavy (non-hydrogen) atoms. The Balaban J connectivity index is 0.00000225. The third-order valence-corrected chi connectivity index (χ3v) is 2.83. The van der Waals surface area contributed by atoms with Crippen LogP contribution in [0.3, 0.4) is 0 Å². The molecule has 0 fully saturated rings. The van der Waals surface area contributed by atoms with Crippen molar-refractivity contribution in [2.24, 2.45) is 7.05 Å². The summed E-state index contributed by atoms with van der Waals surface area (Å²) in [5, 5.41) is 7.57. The summed E-state index contributed by atoms with van der Waals surface area (Å²) in [6.45, 7) is 7.27. The fourth-order valence-corrected chi connectivity index (χ4v) is 1.70. The minimum atomic E-state index is 0. The van der Waals surface area contributed by atoms with E-state index in [0.29, 0.717) is 0 Å². The SMILES string of the molecule is CNCCN(C)Cc1c(C)nn(C)c1C.Cl. The minimum absolute atomic E-state index is 0. The van der Waals surface area contributed by atoms with Gasteiger partial charge in [-0.25, -0.2) is 0 Å². The van der Waals surface area contributed by atoms with Crippen LogP contribution in [0.5, 0.6) is 0 Å². The van der Waals surface area contributed by atoms with Gasteiger partial charge in [-0.15, -0.1) is 12.4 Å². The molecule has 5 heteroatoms. The van der Waals surface area contributed by atoms with Crippen LogP contribution in [0.1, 0.15) is 17.0 Å². The third-order valence-electron chi connectivity index (χ3n) is 2.83. The molecule has 0 saturated carbocycles. The average Bonchev–Trinajstić information content (AvgIpc) is 2.42. The van der Waals surface area contributed by atoms with Gasteiger partial charge in [0.05, 0.1) is 5.69 Å². The van der Waals surface area contributed by atoms with Crippen LogP contribution in [0.15, 0.2) is 0 Å². The van der Waals surface area contributed by atoms with Crippen molar-refractivity contribution in [3.05, 3.63) is 17.0 Å². The molecular formula is C11H23ClN4. The van der Waals surface area contributed by atoms with Crippen molar-refractivity contribution in [3.8, 4) is 0 Å². The Kier molecular flexibility index (Phi) is 6.64. The molecule has 0 aromatic carbocycles. The first kappa shape index (κ1) is 15.4. The quantitative estimate of drug-likeness (QED) is 0.845. The average molecular weight is 247 g/mol. The number of likely N-dealkylation sites (N-methyl/N-ethyl adjacent to an activating group) is 2. The number of rotatable bonds is 5. The lowest BCUT2D eigenvalue weighted by atomic mass is 10.2. The third kappa shape index (κ3) is 3.77. The molecule has 0 bridgehead atoms. The monoisotopic (exact) mass is 246 g/mol. The lowest BCUT2D eigenvalue weighted by Gasteiger charge is -2.16. The molecule has 0 atom stereocenters. The summed E-state index contributed by atoms with van der Waals surface area (Å²) < 4.78 is 1.95. The van der Waals surface area contributed by atoms with Gasteiger partial charge in [-0.05, 0) is 27.9 Å².